The summed E-state index contributed by atoms with van der Waals surface area (Å²) in [5.41, 5.74) is -0.0635. The summed E-state index contributed by atoms with van der Waals surface area (Å²) in [5, 5.41) is 9.19. The van der Waals surface area contributed by atoms with Crippen LogP contribution in [-0.2, 0) is 4.74 Å². The lowest BCUT2D eigenvalue weighted by Gasteiger charge is -2.47. The van der Waals surface area contributed by atoms with Gasteiger partial charge in [-0.15, -0.1) is 4.99 Å². The maximum Gasteiger partial charge on any atom is 0.208 e. The summed E-state index contributed by atoms with van der Waals surface area (Å²) in [6.45, 7) is 3.67. The highest BCUT2D eigenvalue weighted by Crippen LogP contribution is 2.26. The molecule has 0 spiro atoms. The molecule has 0 aromatic heterocycles. The second-order valence-electron chi connectivity index (χ2n) is 3.21. The smallest absolute Gasteiger partial charge is 0.208 e. The van der Waals surface area contributed by atoms with Crippen molar-refractivity contribution >= 4 is 16.9 Å². The number of hydrogen-bond donors (Lipinski definition) is 0. The van der Waals surface area contributed by atoms with Crippen molar-refractivity contribution in [3.8, 4) is 6.19 Å². The normalized spacial score (nSPS) is 20.8. The molecule has 13 heavy (non-hydrogen) atoms. The predicted octanol–water partition coefficient (Wildman–Crippen LogP) is 0.907. The highest BCUT2D eigenvalue weighted by Gasteiger charge is 2.40. The van der Waals surface area contributed by atoms with Crippen LogP contribution in [0.4, 0.5) is 0 Å². The number of likely N-dealkylation sites (tertiary alicyclic amines) is 1. The van der Waals surface area contributed by atoms with Gasteiger partial charge in [-0.05, 0) is 13.2 Å². The van der Waals surface area contributed by atoms with Crippen LogP contribution in [0.3, 0.4) is 0 Å². The number of methoxy groups -OCH3 is 1. The zero-order valence-electron chi connectivity index (χ0n) is 8.07. The number of ether oxygens (including phenoxy) is 1. The number of thioether (sulfide) groups is 1. The fraction of sp³-hybridized carbons (Fsp3) is 0.750. The molecule has 0 unspecified atom stereocenters. The summed E-state index contributed by atoms with van der Waals surface area (Å²) in [4.78, 5) is 5.76. The van der Waals surface area contributed by atoms with Crippen LogP contribution in [0.1, 0.15) is 6.92 Å². The monoisotopic (exact) mass is 199 g/mol. The third-order valence-electron chi connectivity index (χ3n) is 2.14. The Balaban J connectivity index is 2.51. The number of rotatable bonds is 1. The van der Waals surface area contributed by atoms with Crippen LogP contribution < -0.4 is 0 Å². The van der Waals surface area contributed by atoms with Crippen molar-refractivity contribution < 1.29 is 4.74 Å². The molecule has 4 nitrogen and oxygen atoms in total. The molecule has 0 radical (unpaired) electrons. The molecule has 0 saturated carbocycles. The molecule has 0 aromatic rings. The van der Waals surface area contributed by atoms with Gasteiger partial charge in [0.25, 0.3) is 0 Å². The number of nitriles is 1. The Labute approximate surface area is 82.6 Å². The molecule has 0 aliphatic carbocycles. The maximum atomic E-state index is 8.41. The molecule has 1 heterocycles. The average Bonchev–Trinajstić information content (AvgIpc) is 2.09. The van der Waals surface area contributed by atoms with E-state index in [1.54, 1.807) is 13.3 Å². The van der Waals surface area contributed by atoms with Crippen molar-refractivity contribution in [3.05, 3.63) is 0 Å². The molecule has 1 saturated heterocycles. The van der Waals surface area contributed by atoms with E-state index in [1.165, 1.54) is 11.8 Å². The van der Waals surface area contributed by atoms with Crippen LogP contribution in [-0.4, -0.2) is 42.1 Å². The Kier molecular flexibility index (Phi) is 3.17. The number of hydrogen-bond acceptors (Lipinski definition) is 4. The van der Waals surface area contributed by atoms with Gasteiger partial charge in [0, 0.05) is 7.11 Å². The van der Waals surface area contributed by atoms with Crippen LogP contribution in [0.2, 0.25) is 0 Å². The first-order chi connectivity index (χ1) is 6.15. The lowest BCUT2D eigenvalue weighted by Crippen LogP contribution is -2.62. The molecular weight excluding hydrogens is 186 g/mol. The van der Waals surface area contributed by atoms with Crippen LogP contribution in [0.25, 0.3) is 0 Å². The molecule has 72 valence electrons. The van der Waals surface area contributed by atoms with E-state index in [-0.39, 0.29) is 5.60 Å². The van der Waals surface area contributed by atoms with Crippen molar-refractivity contribution in [3.63, 3.8) is 0 Å². The van der Waals surface area contributed by atoms with Crippen molar-refractivity contribution in [2.75, 3.05) is 26.5 Å². The van der Waals surface area contributed by atoms with Gasteiger partial charge in [0.05, 0.1) is 18.7 Å². The van der Waals surface area contributed by atoms with Crippen LogP contribution in [0, 0.1) is 11.5 Å². The molecule has 0 amide bonds. The van der Waals surface area contributed by atoms with E-state index in [2.05, 4.69) is 4.99 Å². The summed E-state index contributed by atoms with van der Waals surface area (Å²) in [6, 6.07) is 0. The molecular formula is C8H13N3OS. The van der Waals surface area contributed by atoms with E-state index < -0.39 is 0 Å². The lowest BCUT2D eigenvalue weighted by molar-refractivity contribution is -0.0815. The molecule has 0 aromatic carbocycles. The molecule has 1 fully saturated rings. The Morgan fingerprint density at radius 1 is 1.69 bits per heavy atom. The zero-order valence-corrected chi connectivity index (χ0v) is 8.89. The van der Waals surface area contributed by atoms with Crippen LogP contribution in [0.5, 0.6) is 0 Å². The predicted molar refractivity (Wildman–Crippen MR) is 53.6 cm³/mol. The summed E-state index contributed by atoms with van der Waals surface area (Å²) in [7, 11) is 1.71. The van der Waals surface area contributed by atoms with Crippen molar-refractivity contribution in [2.45, 2.75) is 12.5 Å². The minimum Gasteiger partial charge on any atom is -0.375 e. The van der Waals surface area contributed by atoms with E-state index >= 15 is 0 Å². The molecule has 0 atom stereocenters. The van der Waals surface area contributed by atoms with Gasteiger partial charge in [0.1, 0.15) is 0 Å². The summed E-state index contributed by atoms with van der Waals surface area (Å²) in [5.74, 6) is 0. The van der Waals surface area contributed by atoms with Gasteiger partial charge < -0.3 is 9.64 Å². The molecule has 1 aliphatic heterocycles. The molecule has 1 aliphatic rings. The quantitative estimate of drug-likeness (QED) is 0.358. The van der Waals surface area contributed by atoms with Gasteiger partial charge in [-0.3, -0.25) is 0 Å². The standard InChI is InChI=1S/C8H13N3OS/c1-8(12-2)4-11(5-8)7(13-3)10-6-9/h4-5H2,1-3H3. The average molecular weight is 199 g/mol. The van der Waals surface area contributed by atoms with Gasteiger partial charge in [-0.2, -0.15) is 5.26 Å². The van der Waals surface area contributed by atoms with Crippen LogP contribution >= 0.6 is 11.8 Å². The number of nitrogens with zero attached hydrogens (tertiary/aromatic N) is 3. The fourth-order valence-electron chi connectivity index (χ4n) is 1.31. The molecule has 0 bridgehead atoms. The minimum atomic E-state index is -0.0635. The third kappa shape index (κ3) is 2.14. The van der Waals surface area contributed by atoms with E-state index in [0.29, 0.717) is 0 Å². The summed E-state index contributed by atoms with van der Waals surface area (Å²) in [6.07, 6.45) is 3.71. The summed E-state index contributed by atoms with van der Waals surface area (Å²) < 4.78 is 5.29. The van der Waals surface area contributed by atoms with E-state index in [9.17, 15) is 0 Å². The van der Waals surface area contributed by atoms with Crippen LogP contribution in [0.15, 0.2) is 4.99 Å². The maximum absolute atomic E-state index is 8.41. The number of aliphatic imine (C=N–C) groups is 1. The Morgan fingerprint density at radius 3 is 2.69 bits per heavy atom. The molecule has 1 rings (SSSR count). The van der Waals surface area contributed by atoms with E-state index in [1.807, 2.05) is 18.1 Å². The third-order valence-corrected chi connectivity index (χ3v) is 2.86. The Bertz CT molecular complexity index is 253. The first kappa shape index (κ1) is 10.4. The molecule has 0 N–H and O–H groups in total. The topological polar surface area (TPSA) is 48.6 Å². The van der Waals surface area contributed by atoms with Gasteiger partial charge in [0.15, 0.2) is 5.17 Å². The van der Waals surface area contributed by atoms with E-state index in [4.69, 9.17) is 10.00 Å². The zero-order chi connectivity index (χ0) is 9.90. The summed E-state index contributed by atoms with van der Waals surface area (Å²) >= 11 is 1.49. The minimum absolute atomic E-state index is 0.0635. The van der Waals surface area contributed by atoms with Gasteiger partial charge in [-0.25, -0.2) is 0 Å². The van der Waals surface area contributed by atoms with Crippen molar-refractivity contribution in [1.29, 1.82) is 5.26 Å². The van der Waals surface area contributed by atoms with E-state index in [0.717, 1.165) is 18.3 Å². The lowest BCUT2D eigenvalue weighted by atomic mass is 9.98. The second-order valence-corrected chi connectivity index (χ2v) is 3.98. The number of amidine groups is 1. The van der Waals surface area contributed by atoms with Gasteiger partial charge in [-0.1, -0.05) is 11.8 Å². The second kappa shape index (κ2) is 3.99. The first-order valence-corrected chi connectivity index (χ1v) is 5.18. The van der Waals surface area contributed by atoms with Crippen molar-refractivity contribution in [1.82, 2.24) is 4.90 Å². The first-order valence-electron chi connectivity index (χ1n) is 3.96. The van der Waals surface area contributed by atoms with Gasteiger partial charge >= 0.3 is 0 Å². The van der Waals surface area contributed by atoms with Gasteiger partial charge in [0.2, 0.25) is 6.19 Å². The largest absolute Gasteiger partial charge is 0.375 e. The Hall–Kier alpha value is -0.730. The SMILES string of the molecule is COC1(C)CN(C(=NC#N)SC)C1. The fourth-order valence-corrected chi connectivity index (χ4v) is 1.83. The van der Waals surface area contributed by atoms with Crippen molar-refractivity contribution in [2.24, 2.45) is 4.99 Å². The highest BCUT2D eigenvalue weighted by molar-refractivity contribution is 8.13. The Morgan fingerprint density at radius 2 is 2.31 bits per heavy atom. The molecule has 5 heteroatoms. The highest BCUT2D eigenvalue weighted by atomic mass is 32.2.